The largest absolute Gasteiger partial charge is 0.495 e. The van der Waals surface area contributed by atoms with Crippen molar-refractivity contribution in [3.8, 4) is 5.75 Å². The molecule has 1 aromatic heterocycles. The number of aryl methyl sites for hydroxylation is 2. The molecule has 8 heteroatoms. The zero-order valence-electron chi connectivity index (χ0n) is 15.1. The molecular formula is C18H22N4O4. The number of nitrogens with one attached hydrogen (secondary N) is 1. The lowest BCUT2D eigenvalue weighted by Crippen LogP contribution is -2.44. The smallest absolute Gasteiger partial charge is 0.314 e. The van der Waals surface area contributed by atoms with Gasteiger partial charge in [0.2, 0.25) is 5.89 Å². The predicted octanol–water partition coefficient (Wildman–Crippen LogP) is 2.04. The Hall–Kier alpha value is -2.90. The van der Waals surface area contributed by atoms with Gasteiger partial charge in [-0.1, -0.05) is 11.2 Å². The van der Waals surface area contributed by atoms with Crippen LogP contribution >= 0.6 is 0 Å². The van der Waals surface area contributed by atoms with Crippen LogP contribution in [0.3, 0.4) is 0 Å². The maximum Gasteiger partial charge on any atom is 0.314 e. The van der Waals surface area contributed by atoms with Crippen molar-refractivity contribution in [3.05, 3.63) is 35.5 Å². The number of anilines is 1. The highest BCUT2D eigenvalue weighted by Gasteiger charge is 2.31. The second-order valence-corrected chi connectivity index (χ2v) is 6.43. The number of carbonyl (C=O) groups is 2. The van der Waals surface area contributed by atoms with Crippen molar-refractivity contribution in [2.24, 2.45) is 0 Å². The number of nitrogens with zero attached hydrogens (tertiary/aromatic N) is 3. The Balaban J connectivity index is 1.68. The molecule has 0 radical (unpaired) electrons. The molecule has 0 bridgehead atoms. The SMILES string of the molecule is COc1ccc(C)cc1NC(=O)C(=O)N1CCCC(c2nc(C)no2)C1. The number of ether oxygens (including phenoxy) is 1. The lowest BCUT2D eigenvalue weighted by Gasteiger charge is -2.30. The number of hydrogen-bond acceptors (Lipinski definition) is 6. The van der Waals surface area contributed by atoms with E-state index in [-0.39, 0.29) is 5.92 Å². The fraction of sp³-hybridized carbons (Fsp3) is 0.444. The van der Waals surface area contributed by atoms with Gasteiger partial charge in [0.25, 0.3) is 0 Å². The molecule has 2 amide bonds. The van der Waals surface area contributed by atoms with E-state index in [2.05, 4.69) is 15.5 Å². The van der Waals surface area contributed by atoms with Crippen LogP contribution in [0, 0.1) is 13.8 Å². The minimum absolute atomic E-state index is 0.0461. The van der Waals surface area contributed by atoms with E-state index in [1.54, 1.807) is 19.1 Å². The third kappa shape index (κ3) is 3.84. The van der Waals surface area contributed by atoms with Crippen LogP contribution in [0.25, 0.3) is 0 Å². The monoisotopic (exact) mass is 358 g/mol. The zero-order valence-corrected chi connectivity index (χ0v) is 15.1. The topological polar surface area (TPSA) is 97.6 Å². The first-order chi connectivity index (χ1) is 12.5. The van der Waals surface area contributed by atoms with Crippen LogP contribution in [0.1, 0.15) is 36.0 Å². The van der Waals surface area contributed by atoms with Gasteiger partial charge in [0.15, 0.2) is 5.82 Å². The number of piperidine rings is 1. The number of carbonyl (C=O) groups excluding carboxylic acids is 2. The number of amides is 2. The Bertz CT molecular complexity index is 817. The summed E-state index contributed by atoms with van der Waals surface area (Å²) in [6.45, 7) is 4.57. The van der Waals surface area contributed by atoms with Gasteiger partial charge < -0.3 is 19.5 Å². The van der Waals surface area contributed by atoms with E-state index in [9.17, 15) is 9.59 Å². The number of aromatic nitrogens is 2. The second-order valence-electron chi connectivity index (χ2n) is 6.43. The van der Waals surface area contributed by atoms with Crippen LogP contribution in [0.2, 0.25) is 0 Å². The minimum Gasteiger partial charge on any atom is -0.495 e. The molecule has 0 spiro atoms. The molecule has 3 rings (SSSR count). The molecule has 8 nitrogen and oxygen atoms in total. The third-order valence-electron chi connectivity index (χ3n) is 4.40. The Morgan fingerprint density at radius 1 is 1.35 bits per heavy atom. The molecule has 26 heavy (non-hydrogen) atoms. The quantitative estimate of drug-likeness (QED) is 0.843. The first-order valence-electron chi connectivity index (χ1n) is 8.53. The van der Waals surface area contributed by atoms with Crippen LogP contribution in [0.15, 0.2) is 22.7 Å². The number of rotatable bonds is 3. The van der Waals surface area contributed by atoms with E-state index >= 15 is 0 Å². The zero-order chi connectivity index (χ0) is 18.7. The lowest BCUT2D eigenvalue weighted by molar-refractivity contribution is -0.144. The van der Waals surface area contributed by atoms with E-state index in [1.807, 2.05) is 13.0 Å². The number of hydrogen-bond donors (Lipinski definition) is 1. The molecule has 2 heterocycles. The van der Waals surface area contributed by atoms with Gasteiger partial charge in [-0.25, -0.2) is 0 Å². The van der Waals surface area contributed by atoms with Gasteiger partial charge in [0.1, 0.15) is 5.75 Å². The molecular weight excluding hydrogens is 336 g/mol. The van der Waals surface area contributed by atoms with Crippen LogP contribution in [0.4, 0.5) is 5.69 Å². The first kappa shape index (κ1) is 17.9. The fourth-order valence-electron chi connectivity index (χ4n) is 3.08. The maximum atomic E-state index is 12.6. The van der Waals surface area contributed by atoms with Gasteiger partial charge in [-0.05, 0) is 44.4 Å². The summed E-state index contributed by atoms with van der Waals surface area (Å²) in [5.41, 5.74) is 1.44. The van der Waals surface area contributed by atoms with Gasteiger partial charge >= 0.3 is 11.8 Å². The Morgan fingerprint density at radius 2 is 2.15 bits per heavy atom. The average molecular weight is 358 g/mol. The summed E-state index contributed by atoms with van der Waals surface area (Å²) >= 11 is 0. The van der Waals surface area contributed by atoms with E-state index in [1.165, 1.54) is 12.0 Å². The van der Waals surface area contributed by atoms with Crippen LogP contribution in [-0.2, 0) is 9.59 Å². The summed E-state index contributed by atoms with van der Waals surface area (Å²) in [7, 11) is 1.52. The van der Waals surface area contributed by atoms with Crippen LogP contribution in [0.5, 0.6) is 5.75 Å². The number of benzene rings is 1. The summed E-state index contributed by atoms with van der Waals surface area (Å²) in [6, 6.07) is 5.40. The molecule has 1 aliphatic rings. The van der Waals surface area contributed by atoms with Gasteiger partial charge in [0.05, 0.1) is 18.7 Å². The number of methoxy groups -OCH3 is 1. The van der Waals surface area contributed by atoms with Crippen LogP contribution in [-0.4, -0.2) is 47.1 Å². The molecule has 1 N–H and O–H groups in total. The van der Waals surface area contributed by atoms with Crippen molar-refractivity contribution < 1.29 is 18.8 Å². The third-order valence-corrected chi connectivity index (χ3v) is 4.40. The molecule has 1 saturated heterocycles. The average Bonchev–Trinajstić information content (AvgIpc) is 3.08. The first-order valence-corrected chi connectivity index (χ1v) is 8.53. The standard InChI is InChI=1S/C18H22N4O4/c1-11-6-7-15(25-3)14(9-11)20-16(23)18(24)22-8-4-5-13(10-22)17-19-12(2)21-26-17/h6-7,9,13H,4-5,8,10H2,1-3H3,(H,20,23). The molecule has 138 valence electrons. The van der Waals surface area contributed by atoms with Crippen molar-refractivity contribution in [1.29, 1.82) is 0 Å². The minimum atomic E-state index is -0.684. The van der Waals surface area contributed by atoms with Crippen molar-refractivity contribution in [2.45, 2.75) is 32.6 Å². The molecule has 1 fully saturated rings. The van der Waals surface area contributed by atoms with Gasteiger partial charge in [-0.15, -0.1) is 0 Å². The predicted molar refractivity (Wildman–Crippen MR) is 94.0 cm³/mol. The second kappa shape index (κ2) is 7.55. The molecule has 1 unspecified atom stereocenters. The number of likely N-dealkylation sites (tertiary alicyclic amines) is 1. The highest BCUT2D eigenvalue weighted by molar-refractivity contribution is 6.39. The maximum absolute atomic E-state index is 12.6. The molecule has 1 aliphatic heterocycles. The van der Waals surface area contributed by atoms with Gasteiger partial charge in [0, 0.05) is 13.1 Å². The highest BCUT2D eigenvalue weighted by atomic mass is 16.5. The van der Waals surface area contributed by atoms with Gasteiger partial charge in [-0.3, -0.25) is 9.59 Å². The molecule has 1 atom stereocenters. The van der Waals surface area contributed by atoms with Crippen molar-refractivity contribution in [3.63, 3.8) is 0 Å². The summed E-state index contributed by atoms with van der Waals surface area (Å²) in [6.07, 6.45) is 1.62. The van der Waals surface area contributed by atoms with Crippen LogP contribution < -0.4 is 10.1 Å². The molecule has 1 aromatic carbocycles. The summed E-state index contributed by atoms with van der Waals surface area (Å²) in [5, 5.41) is 6.45. The highest BCUT2D eigenvalue weighted by Crippen LogP contribution is 2.27. The summed E-state index contributed by atoms with van der Waals surface area (Å²) in [5.74, 6) is 0.282. The molecule has 0 saturated carbocycles. The van der Waals surface area contributed by atoms with Gasteiger partial charge in [-0.2, -0.15) is 4.98 Å². The van der Waals surface area contributed by atoms with E-state index in [0.29, 0.717) is 36.2 Å². The normalized spacial score (nSPS) is 17.0. The van der Waals surface area contributed by atoms with Crippen molar-refractivity contribution in [1.82, 2.24) is 15.0 Å². The molecule has 0 aliphatic carbocycles. The van der Waals surface area contributed by atoms with Crippen molar-refractivity contribution in [2.75, 3.05) is 25.5 Å². The van der Waals surface area contributed by atoms with Crippen molar-refractivity contribution >= 4 is 17.5 Å². The van der Waals surface area contributed by atoms with E-state index in [0.717, 1.165) is 18.4 Å². The Kier molecular flexibility index (Phi) is 5.20. The summed E-state index contributed by atoms with van der Waals surface area (Å²) in [4.78, 5) is 30.8. The lowest BCUT2D eigenvalue weighted by atomic mass is 9.98. The van der Waals surface area contributed by atoms with E-state index < -0.39 is 11.8 Å². The Morgan fingerprint density at radius 3 is 2.85 bits per heavy atom. The van der Waals surface area contributed by atoms with E-state index in [4.69, 9.17) is 9.26 Å². The fourth-order valence-corrected chi connectivity index (χ4v) is 3.08. The Labute approximate surface area is 151 Å². The summed E-state index contributed by atoms with van der Waals surface area (Å²) < 4.78 is 10.5. The molecule has 2 aromatic rings.